The number of fused-ring (bicyclic) bond motifs is 1. The number of pyridine rings is 1. The van der Waals surface area contributed by atoms with Gasteiger partial charge in [0.15, 0.2) is 0 Å². The maximum absolute atomic E-state index is 12.4. The largest absolute Gasteiger partial charge is 0.305 e. The molecule has 142 valence electrons. The van der Waals surface area contributed by atoms with Crippen LogP contribution in [0.2, 0.25) is 5.02 Å². The SMILES string of the molecule is O=S(=O)(NN1CCN(Cc2cn3cc(Cl)ccc3n2)CC1)c1ccccc1. The van der Waals surface area contributed by atoms with Crippen molar-refractivity contribution in [3.8, 4) is 0 Å². The van der Waals surface area contributed by atoms with Gasteiger partial charge in [-0.1, -0.05) is 29.8 Å². The Morgan fingerprint density at radius 3 is 2.48 bits per heavy atom. The summed E-state index contributed by atoms with van der Waals surface area (Å²) in [7, 11) is -3.53. The molecule has 7 nitrogen and oxygen atoms in total. The van der Waals surface area contributed by atoms with E-state index in [0.29, 0.717) is 18.1 Å². The molecule has 1 fully saturated rings. The lowest BCUT2D eigenvalue weighted by Crippen LogP contribution is -2.53. The summed E-state index contributed by atoms with van der Waals surface area (Å²) < 4.78 is 26.7. The Morgan fingerprint density at radius 2 is 1.74 bits per heavy atom. The lowest BCUT2D eigenvalue weighted by molar-refractivity contribution is 0.110. The monoisotopic (exact) mass is 405 g/mol. The van der Waals surface area contributed by atoms with E-state index in [9.17, 15) is 8.42 Å². The number of hydrazine groups is 1. The minimum atomic E-state index is -3.53. The molecule has 3 aromatic rings. The third-order valence-electron chi connectivity index (χ3n) is 4.53. The molecule has 27 heavy (non-hydrogen) atoms. The van der Waals surface area contributed by atoms with E-state index in [1.54, 1.807) is 35.3 Å². The van der Waals surface area contributed by atoms with Crippen LogP contribution >= 0.6 is 11.6 Å². The first-order valence-corrected chi connectivity index (χ1v) is 10.5. The van der Waals surface area contributed by atoms with Crippen LogP contribution in [-0.2, 0) is 16.6 Å². The molecule has 0 bridgehead atoms. The Labute approximate surface area is 163 Å². The first-order chi connectivity index (χ1) is 13.0. The third kappa shape index (κ3) is 4.31. The number of nitrogens with one attached hydrogen (secondary N) is 1. The van der Waals surface area contributed by atoms with Gasteiger partial charge in [0.05, 0.1) is 15.6 Å². The fourth-order valence-electron chi connectivity index (χ4n) is 3.14. The van der Waals surface area contributed by atoms with Gasteiger partial charge in [-0.2, -0.15) is 0 Å². The van der Waals surface area contributed by atoms with Crippen LogP contribution < -0.4 is 4.83 Å². The van der Waals surface area contributed by atoms with E-state index in [4.69, 9.17) is 11.6 Å². The van der Waals surface area contributed by atoms with Crippen LogP contribution in [0.5, 0.6) is 0 Å². The first-order valence-electron chi connectivity index (χ1n) is 8.67. The Kier molecular flexibility index (Phi) is 5.16. The molecular formula is C18H20ClN5O2S. The van der Waals surface area contributed by atoms with Crippen LogP contribution in [0, 0.1) is 0 Å². The van der Waals surface area contributed by atoms with Crippen LogP contribution in [-0.4, -0.2) is 53.9 Å². The normalized spacial score (nSPS) is 16.8. The van der Waals surface area contributed by atoms with Crippen molar-refractivity contribution in [3.05, 3.63) is 65.6 Å². The summed E-state index contributed by atoms with van der Waals surface area (Å²) in [5.74, 6) is 0. The molecule has 9 heteroatoms. The summed E-state index contributed by atoms with van der Waals surface area (Å²) in [5.41, 5.74) is 1.83. The Hall–Kier alpha value is -1.97. The Balaban J connectivity index is 1.34. The Bertz CT molecular complexity index is 1030. The smallest absolute Gasteiger partial charge is 0.253 e. The molecule has 0 radical (unpaired) electrons. The minimum Gasteiger partial charge on any atom is -0.305 e. The predicted octanol–water partition coefficient (Wildman–Crippen LogP) is 2.00. The molecule has 0 aliphatic carbocycles. The van der Waals surface area contributed by atoms with Gasteiger partial charge in [0, 0.05) is 45.1 Å². The molecular weight excluding hydrogens is 386 g/mol. The topological polar surface area (TPSA) is 70.0 Å². The number of aromatic nitrogens is 2. The van der Waals surface area contributed by atoms with Gasteiger partial charge in [-0.15, -0.1) is 4.83 Å². The van der Waals surface area contributed by atoms with Gasteiger partial charge in [-0.25, -0.2) is 18.4 Å². The molecule has 1 aromatic carbocycles. The van der Waals surface area contributed by atoms with Crippen LogP contribution in [0.3, 0.4) is 0 Å². The highest BCUT2D eigenvalue weighted by Crippen LogP contribution is 2.14. The number of hydrogen-bond acceptors (Lipinski definition) is 5. The highest BCUT2D eigenvalue weighted by molar-refractivity contribution is 7.89. The Morgan fingerprint density at radius 1 is 1.00 bits per heavy atom. The zero-order chi connectivity index (χ0) is 18.9. The van der Waals surface area contributed by atoms with E-state index >= 15 is 0 Å². The molecule has 3 heterocycles. The van der Waals surface area contributed by atoms with Gasteiger partial charge in [0.1, 0.15) is 5.65 Å². The van der Waals surface area contributed by atoms with Crippen LogP contribution in [0.4, 0.5) is 0 Å². The van der Waals surface area contributed by atoms with Crippen molar-refractivity contribution in [2.75, 3.05) is 26.2 Å². The molecule has 1 aliphatic heterocycles. The molecule has 2 aromatic heterocycles. The second kappa shape index (κ2) is 7.57. The summed E-state index contributed by atoms with van der Waals surface area (Å²) in [6.07, 6.45) is 3.81. The highest BCUT2D eigenvalue weighted by atomic mass is 35.5. The van der Waals surface area contributed by atoms with Crippen molar-refractivity contribution in [2.45, 2.75) is 11.4 Å². The molecule has 1 aliphatic rings. The molecule has 0 spiro atoms. The van der Waals surface area contributed by atoms with E-state index in [1.165, 1.54) is 0 Å². The zero-order valence-electron chi connectivity index (χ0n) is 14.6. The van der Waals surface area contributed by atoms with Gasteiger partial charge in [-0.05, 0) is 24.3 Å². The fourth-order valence-corrected chi connectivity index (χ4v) is 4.45. The molecule has 1 saturated heterocycles. The first kappa shape index (κ1) is 18.4. The number of piperazine rings is 1. The van der Waals surface area contributed by atoms with Crippen molar-refractivity contribution >= 4 is 27.3 Å². The fraction of sp³-hybridized carbons (Fsp3) is 0.278. The van der Waals surface area contributed by atoms with Crippen LogP contribution in [0.1, 0.15) is 5.69 Å². The third-order valence-corrected chi connectivity index (χ3v) is 6.14. The molecule has 0 amide bonds. The van der Waals surface area contributed by atoms with Gasteiger partial charge >= 0.3 is 0 Å². The summed E-state index contributed by atoms with van der Waals surface area (Å²) in [4.78, 5) is 9.81. The minimum absolute atomic E-state index is 0.274. The molecule has 4 rings (SSSR count). The van der Waals surface area contributed by atoms with Gasteiger partial charge in [0.25, 0.3) is 10.0 Å². The van der Waals surface area contributed by atoms with E-state index < -0.39 is 10.0 Å². The van der Waals surface area contributed by atoms with E-state index in [-0.39, 0.29) is 4.90 Å². The van der Waals surface area contributed by atoms with Crippen molar-refractivity contribution in [2.24, 2.45) is 0 Å². The summed E-state index contributed by atoms with van der Waals surface area (Å²) >= 11 is 6.01. The van der Waals surface area contributed by atoms with Crippen molar-refractivity contribution in [1.82, 2.24) is 24.1 Å². The van der Waals surface area contributed by atoms with Gasteiger partial charge in [-0.3, -0.25) is 4.90 Å². The maximum atomic E-state index is 12.4. The number of halogens is 1. The second-order valence-corrected chi connectivity index (χ2v) is 8.61. The van der Waals surface area contributed by atoms with Crippen LogP contribution in [0.25, 0.3) is 5.65 Å². The lowest BCUT2D eigenvalue weighted by atomic mass is 10.3. The number of sulfonamides is 1. The quantitative estimate of drug-likeness (QED) is 0.703. The summed E-state index contributed by atoms with van der Waals surface area (Å²) in [6.45, 7) is 3.47. The maximum Gasteiger partial charge on any atom is 0.253 e. The molecule has 1 N–H and O–H groups in total. The second-order valence-electron chi connectivity index (χ2n) is 6.52. The van der Waals surface area contributed by atoms with Crippen molar-refractivity contribution < 1.29 is 8.42 Å². The van der Waals surface area contributed by atoms with Crippen LogP contribution in [0.15, 0.2) is 59.8 Å². The number of hydrogen-bond donors (Lipinski definition) is 1. The highest BCUT2D eigenvalue weighted by Gasteiger charge is 2.23. The van der Waals surface area contributed by atoms with E-state index in [2.05, 4.69) is 14.7 Å². The average molecular weight is 406 g/mol. The predicted molar refractivity (Wildman–Crippen MR) is 104 cm³/mol. The average Bonchev–Trinajstić information content (AvgIpc) is 3.05. The summed E-state index contributed by atoms with van der Waals surface area (Å²) in [6, 6.07) is 12.1. The number of imidazole rings is 1. The molecule has 0 atom stereocenters. The lowest BCUT2D eigenvalue weighted by Gasteiger charge is -2.34. The van der Waals surface area contributed by atoms with Crippen molar-refractivity contribution in [3.63, 3.8) is 0 Å². The zero-order valence-corrected chi connectivity index (χ0v) is 16.2. The van der Waals surface area contributed by atoms with Crippen molar-refractivity contribution in [1.29, 1.82) is 0 Å². The molecule has 0 saturated carbocycles. The van der Waals surface area contributed by atoms with E-state index in [1.807, 2.05) is 28.9 Å². The number of nitrogens with zero attached hydrogens (tertiary/aromatic N) is 4. The molecule has 0 unspecified atom stereocenters. The van der Waals surface area contributed by atoms with Gasteiger partial charge < -0.3 is 4.40 Å². The van der Waals surface area contributed by atoms with E-state index in [0.717, 1.165) is 31.0 Å². The number of rotatable bonds is 5. The standard InChI is InChI=1S/C18H20ClN5O2S/c19-15-6-7-18-20-16(14-23(18)12-15)13-22-8-10-24(11-9-22)21-27(25,26)17-4-2-1-3-5-17/h1-7,12,14,21H,8-11,13H2. The summed E-state index contributed by atoms with van der Waals surface area (Å²) in [5, 5.41) is 2.42. The van der Waals surface area contributed by atoms with Gasteiger partial charge in [0.2, 0.25) is 0 Å². The number of benzene rings is 1.